The van der Waals surface area contributed by atoms with Gasteiger partial charge in [-0.15, -0.1) is 0 Å². The number of nitrogens with zero attached hydrogens (tertiary/aromatic N) is 4. The number of aliphatic carboxylic acids is 1. The number of pyridine rings is 1. The van der Waals surface area contributed by atoms with E-state index in [2.05, 4.69) is 10.1 Å². The highest BCUT2D eigenvalue weighted by atomic mass is 16.4. The summed E-state index contributed by atoms with van der Waals surface area (Å²) < 4.78 is 1.57. The van der Waals surface area contributed by atoms with Crippen LogP contribution >= 0.6 is 0 Å². The zero-order chi connectivity index (χ0) is 13.8. The molecule has 0 radical (unpaired) electrons. The average molecular weight is 254 g/mol. The first-order valence-corrected chi connectivity index (χ1v) is 5.41. The standard InChI is InChI=1S/C13H10N4O2/c1-17-8-11(6-10(7-14)13(18)19)12(16-17)9-2-4-15-5-3-9/h2-6,8H,1H3,(H,18,19). The van der Waals surface area contributed by atoms with E-state index in [0.29, 0.717) is 11.3 Å². The molecule has 6 heteroatoms. The number of aryl methyl sites for hydroxylation is 1. The second kappa shape index (κ2) is 5.14. The zero-order valence-electron chi connectivity index (χ0n) is 10.1. The van der Waals surface area contributed by atoms with Crippen molar-refractivity contribution in [2.75, 3.05) is 0 Å². The largest absolute Gasteiger partial charge is 0.477 e. The minimum atomic E-state index is -1.26. The summed E-state index contributed by atoms with van der Waals surface area (Å²) in [5.41, 5.74) is 1.67. The quantitative estimate of drug-likeness (QED) is 0.661. The van der Waals surface area contributed by atoms with Gasteiger partial charge in [0.15, 0.2) is 0 Å². The molecule has 0 bridgehead atoms. The molecule has 0 spiro atoms. The Kier molecular flexibility index (Phi) is 3.39. The van der Waals surface area contributed by atoms with E-state index < -0.39 is 5.97 Å². The van der Waals surface area contributed by atoms with Crippen LogP contribution in [0.4, 0.5) is 0 Å². The summed E-state index contributed by atoms with van der Waals surface area (Å²) in [6, 6.07) is 5.19. The summed E-state index contributed by atoms with van der Waals surface area (Å²) in [7, 11) is 1.73. The van der Waals surface area contributed by atoms with Gasteiger partial charge in [0, 0.05) is 36.8 Å². The Labute approximate surface area is 109 Å². The van der Waals surface area contributed by atoms with E-state index in [1.165, 1.54) is 6.08 Å². The molecule has 0 aromatic carbocycles. The van der Waals surface area contributed by atoms with Crippen LogP contribution in [0.25, 0.3) is 17.3 Å². The van der Waals surface area contributed by atoms with Gasteiger partial charge in [0.25, 0.3) is 0 Å². The lowest BCUT2D eigenvalue weighted by molar-refractivity contribution is -0.132. The molecule has 0 aliphatic carbocycles. The lowest BCUT2D eigenvalue weighted by atomic mass is 10.1. The van der Waals surface area contributed by atoms with Gasteiger partial charge in [-0.1, -0.05) is 0 Å². The minimum absolute atomic E-state index is 0.330. The van der Waals surface area contributed by atoms with E-state index in [-0.39, 0.29) is 5.57 Å². The maximum absolute atomic E-state index is 10.9. The van der Waals surface area contributed by atoms with Crippen molar-refractivity contribution in [1.82, 2.24) is 14.8 Å². The Balaban J connectivity index is 2.55. The van der Waals surface area contributed by atoms with E-state index in [1.54, 1.807) is 48.5 Å². The van der Waals surface area contributed by atoms with E-state index in [9.17, 15) is 4.79 Å². The molecule has 2 heterocycles. The van der Waals surface area contributed by atoms with E-state index in [0.717, 1.165) is 5.56 Å². The molecule has 0 aliphatic rings. The summed E-state index contributed by atoms with van der Waals surface area (Å²) in [4.78, 5) is 14.8. The second-order valence-electron chi connectivity index (χ2n) is 3.82. The van der Waals surface area contributed by atoms with Gasteiger partial charge in [-0.2, -0.15) is 10.4 Å². The average Bonchev–Trinajstić information content (AvgIpc) is 2.77. The Hall–Kier alpha value is -2.94. The van der Waals surface area contributed by atoms with Crippen molar-refractivity contribution in [3.05, 3.63) is 41.9 Å². The molecule has 0 aliphatic heterocycles. The molecule has 0 saturated heterocycles. The van der Waals surface area contributed by atoms with Gasteiger partial charge in [-0.05, 0) is 18.2 Å². The third-order valence-corrected chi connectivity index (χ3v) is 2.46. The maximum Gasteiger partial charge on any atom is 0.346 e. The predicted octanol–water partition coefficient (Wildman–Crippen LogP) is 1.47. The molecule has 0 unspecified atom stereocenters. The molecule has 94 valence electrons. The summed E-state index contributed by atoms with van der Waals surface area (Å²) in [5.74, 6) is -1.26. The normalized spacial score (nSPS) is 11.1. The first-order chi connectivity index (χ1) is 9.11. The monoisotopic (exact) mass is 254 g/mol. The van der Waals surface area contributed by atoms with Crippen LogP contribution in [0.2, 0.25) is 0 Å². The number of carbonyl (C=O) groups is 1. The predicted molar refractivity (Wildman–Crippen MR) is 67.7 cm³/mol. The molecule has 0 fully saturated rings. The lowest BCUT2D eigenvalue weighted by Crippen LogP contribution is -1.97. The van der Waals surface area contributed by atoms with Crippen LogP contribution in [0.15, 0.2) is 36.3 Å². The molecule has 2 rings (SSSR count). The van der Waals surface area contributed by atoms with Gasteiger partial charge in [0.05, 0.1) is 5.69 Å². The zero-order valence-corrected chi connectivity index (χ0v) is 10.1. The van der Waals surface area contributed by atoms with Gasteiger partial charge in [-0.25, -0.2) is 4.79 Å². The molecular weight excluding hydrogens is 244 g/mol. The fraction of sp³-hybridized carbons (Fsp3) is 0.0769. The van der Waals surface area contributed by atoms with Crippen molar-refractivity contribution in [1.29, 1.82) is 5.26 Å². The van der Waals surface area contributed by atoms with Crippen LogP contribution in [-0.2, 0) is 11.8 Å². The maximum atomic E-state index is 10.9. The molecule has 19 heavy (non-hydrogen) atoms. The topological polar surface area (TPSA) is 91.8 Å². The van der Waals surface area contributed by atoms with Gasteiger partial charge in [0.1, 0.15) is 11.6 Å². The molecule has 1 N–H and O–H groups in total. The fourth-order valence-corrected chi connectivity index (χ4v) is 1.64. The van der Waals surface area contributed by atoms with E-state index in [4.69, 9.17) is 10.4 Å². The third kappa shape index (κ3) is 2.66. The molecule has 0 atom stereocenters. The number of rotatable bonds is 3. The van der Waals surface area contributed by atoms with Gasteiger partial charge < -0.3 is 5.11 Å². The third-order valence-electron chi connectivity index (χ3n) is 2.46. The van der Waals surface area contributed by atoms with Crippen LogP contribution < -0.4 is 0 Å². The van der Waals surface area contributed by atoms with Crippen LogP contribution in [-0.4, -0.2) is 25.8 Å². The number of carboxylic acid groups (broad SMARTS) is 1. The summed E-state index contributed by atoms with van der Waals surface area (Å²) in [6.45, 7) is 0. The molecule has 2 aromatic heterocycles. The molecule has 0 amide bonds. The first-order valence-electron chi connectivity index (χ1n) is 5.41. The Bertz CT molecular complexity index is 680. The van der Waals surface area contributed by atoms with Gasteiger partial charge in [-0.3, -0.25) is 9.67 Å². The van der Waals surface area contributed by atoms with Crippen LogP contribution in [0, 0.1) is 11.3 Å². The minimum Gasteiger partial charge on any atom is -0.477 e. The summed E-state index contributed by atoms with van der Waals surface area (Å²) in [5, 5.41) is 21.9. The highest BCUT2D eigenvalue weighted by molar-refractivity contribution is 5.97. The Morgan fingerprint density at radius 1 is 1.47 bits per heavy atom. The van der Waals surface area contributed by atoms with Crippen LogP contribution in [0.5, 0.6) is 0 Å². The summed E-state index contributed by atoms with van der Waals surface area (Å²) >= 11 is 0. The van der Waals surface area contributed by atoms with Crippen molar-refractivity contribution in [2.24, 2.45) is 7.05 Å². The lowest BCUT2D eigenvalue weighted by Gasteiger charge is -1.97. The van der Waals surface area contributed by atoms with Crippen LogP contribution in [0.3, 0.4) is 0 Å². The molecular formula is C13H10N4O2. The van der Waals surface area contributed by atoms with E-state index >= 15 is 0 Å². The van der Waals surface area contributed by atoms with Crippen molar-refractivity contribution >= 4 is 12.0 Å². The van der Waals surface area contributed by atoms with E-state index in [1.807, 2.05) is 0 Å². The number of carboxylic acids is 1. The molecule has 2 aromatic rings. The summed E-state index contributed by atoms with van der Waals surface area (Å²) in [6.07, 6.45) is 6.22. The SMILES string of the molecule is Cn1cc(C=C(C#N)C(=O)O)c(-c2ccncc2)n1. The van der Waals surface area contributed by atoms with Crippen molar-refractivity contribution in [3.63, 3.8) is 0 Å². The number of aromatic nitrogens is 3. The number of nitriles is 1. The number of hydrogen-bond donors (Lipinski definition) is 1. The smallest absolute Gasteiger partial charge is 0.346 e. The molecule has 6 nitrogen and oxygen atoms in total. The van der Waals surface area contributed by atoms with Crippen LogP contribution in [0.1, 0.15) is 5.56 Å². The van der Waals surface area contributed by atoms with Crippen molar-refractivity contribution < 1.29 is 9.90 Å². The van der Waals surface area contributed by atoms with Crippen molar-refractivity contribution in [2.45, 2.75) is 0 Å². The molecule has 0 saturated carbocycles. The Morgan fingerprint density at radius 3 is 2.74 bits per heavy atom. The fourth-order valence-electron chi connectivity index (χ4n) is 1.64. The highest BCUT2D eigenvalue weighted by Gasteiger charge is 2.12. The van der Waals surface area contributed by atoms with Gasteiger partial charge in [0.2, 0.25) is 0 Å². The number of hydrogen-bond acceptors (Lipinski definition) is 4. The first kappa shape index (κ1) is 12.5. The highest BCUT2D eigenvalue weighted by Crippen LogP contribution is 2.23. The van der Waals surface area contributed by atoms with Crippen molar-refractivity contribution in [3.8, 4) is 17.3 Å². The van der Waals surface area contributed by atoms with Gasteiger partial charge >= 0.3 is 5.97 Å². The Morgan fingerprint density at radius 2 is 2.16 bits per heavy atom. The second-order valence-corrected chi connectivity index (χ2v) is 3.82.